The molecule has 8 nitrogen and oxygen atoms in total. The number of methoxy groups -OCH3 is 1. The van der Waals surface area contributed by atoms with E-state index in [9.17, 15) is 24.8 Å². The van der Waals surface area contributed by atoms with Crippen LogP contribution in [0.4, 0.5) is 5.69 Å². The summed E-state index contributed by atoms with van der Waals surface area (Å²) in [7, 11) is 1.43. The standard InChI is InChI=1S/C27H23NO7/c1-34-27-17-24(31)11-8-20(27)7-10-22(29)16-23(30)12-9-21-15-25(13-14-26(21)28(32)33)35-18-19-5-3-2-4-6-19/h2-15,17,31H,16,18H2,1H3. The molecule has 0 unspecified atom stereocenters. The van der Waals surface area contributed by atoms with Gasteiger partial charge >= 0.3 is 0 Å². The summed E-state index contributed by atoms with van der Waals surface area (Å²) in [4.78, 5) is 35.3. The molecule has 0 aromatic heterocycles. The highest BCUT2D eigenvalue weighted by Gasteiger charge is 2.14. The van der Waals surface area contributed by atoms with E-state index in [4.69, 9.17) is 9.47 Å². The number of aromatic hydroxyl groups is 1. The predicted octanol–water partition coefficient (Wildman–Crippen LogP) is 5.14. The number of rotatable bonds is 11. The topological polar surface area (TPSA) is 116 Å². The number of nitro benzene ring substituents is 1. The minimum Gasteiger partial charge on any atom is -0.508 e. The fraction of sp³-hybridized carbons (Fsp3) is 0.111. The first-order valence-corrected chi connectivity index (χ1v) is 10.6. The number of ketones is 2. The van der Waals surface area contributed by atoms with E-state index in [0.717, 1.165) is 11.6 Å². The van der Waals surface area contributed by atoms with Crippen LogP contribution in [0.5, 0.6) is 17.2 Å². The molecular formula is C27H23NO7. The number of hydrogen-bond donors (Lipinski definition) is 1. The van der Waals surface area contributed by atoms with E-state index in [1.807, 2.05) is 30.3 Å². The van der Waals surface area contributed by atoms with Crippen molar-refractivity contribution in [3.05, 3.63) is 106 Å². The maximum absolute atomic E-state index is 12.3. The quantitative estimate of drug-likeness (QED) is 0.177. The van der Waals surface area contributed by atoms with Crippen LogP contribution in [-0.2, 0) is 16.2 Å². The maximum atomic E-state index is 12.3. The first-order valence-electron chi connectivity index (χ1n) is 10.6. The molecule has 178 valence electrons. The van der Waals surface area contributed by atoms with Crippen molar-refractivity contribution in [2.45, 2.75) is 13.0 Å². The minimum absolute atomic E-state index is 0.0225. The van der Waals surface area contributed by atoms with Crippen LogP contribution < -0.4 is 9.47 Å². The van der Waals surface area contributed by atoms with Gasteiger partial charge in [-0.15, -0.1) is 0 Å². The van der Waals surface area contributed by atoms with Gasteiger partial charge in [-0.05, 0) is 54.1 Å². The molecule has 0 bridgehead atoms. The van der Waals surface area contributed by atoms with Crippen molar-refractivity contribution in [2.24, 2.45) is 0 Å². The summed E-state index contributed by atoms with van der Waals surface area (Å²) in [6, 6.07) is 18.2. The van der Waals surface area contributed by atoms with E-state index in [-0.39, 0.29) is 23.6 Å². The van der Waals surface area contributed by atoms with Crippen LogP contribution in [0, 0.1) is 10.1 Å². The van der Waals surface area contributed by atoms with E-state index in [0.29, 0.717) is 17.1 Å². The van der Waals surface area contributed by atoms with Gasteiger partial charge in [0.05, 0.1) is 24.0 Å². The number of carbonyl (C=O) groups is 2. The van der Waals surface area contributed by atoms with E-state index >= 15 is 0 Å². The monoisotopic (exact) mass is 473 g/mol. The van der Waals surface area contributed by atoms with Crippen molar-refractivity contribution in [1.29, 1.82) is 0 Å². The van der Waals surface area contributed by atoms with Crippen LogP contribution in [0.25, 0.3) is 12.2 Å². The van der Waals surface area contributed by atoms with Gasteiger partial charge in [0.25, 0.3) is 5.69 Å². The molecule has 3 aromatic rings. The number of nitrogens with zero attached hydrogens (tertiary/aromatic N) is 1. The Balaban J connectivity index is 1.66. The Morgan fingerprint density at radius 2 is 1.63 bits per heavy atom. The van der Waals surface area contributed by atoms with Crippen LogP contribution in [-0.4, -0.2) is 28.7 Å². The van der Waals surface area contributed by atoms with Crippen LogP contribution in [0.3, 0.4) is 0 Å². The van der Waals surface area contributed by atoms with E-state index < -0.39 is 22.9 Å². The smallest absolute Gasteiger partial charge is 0.276 e. The maximum Gasteiger partial charge on any atom is 0.276 e. The second kappa shape index (κ2) is 11.9. The fourth-order valence-corrected chi connectivity index (χ4v) is 3.16. The van der Waals surface area contributed by atoms with Gasteiger partial charge in [0.1, 0.15) is 23.9 Å². The lowest BCUT2D eigenvalue weighted by Crippen LogP contribution is -2.02. The molecule has 3 aromatic carbocycles. The summed E-state index contributed by atoms with van der Waals surface area (Å²) < 4.78 is 10.9. The SMILES string of the molecule is COc1cc(O)ccc1C=CC(=O)CC(=O)C=Cc1cc(OCc2ccccc2)ccc1[N+](=O)[O-]. The summed E-state index contributed by atoms with van der Waals surface area (Å²) in [5.41, 5.74) is 1.50. The molecule has 1 N–H and O–H groups in total. The molecule has 8 heteroatoms. The highest BCUT2D eigenvalue weighted by atomic mass is 16.6. The van der Waals surface area contributed by atoms with Gasteiger partial charge in [-0.2, -0.15) is 0 Å². The Hall–Kier alpha value is -4.72. The Morgan fingerprint density at radius 3 is 2.29 bits per heavy atom. The molecule has 0 saturated heterocycles. The molecule has 0 saturated carbocycles. The zero-order valence-corrected chi connectivity index (χ0v) is 18.9. The van der Waals surface area contributed by atoms with Crippen LogP contribution in [0.15, 0.2) is 78.9 Å². The van der Waals surface area contributed by atoms with E-state index in [1.54, 1.807) is 6.07 Å². The molecule has 0 atom stereocenters. The Labute approximate surface area is 201 Å². The number of allylic oxidation sites excluding steroid dienone is 2. The molecule has 0 aliphatic heterocycles. The first-order chi connectivity index (χ1) is 16.9. The Morgan fingerprint density at radius 1 is 0.943 bits per heavy atom. The largest absolute Gasteiger partial charge is 0.508 e. The van der Waals surface area contributed by atoms with Crippen molar-refractivity contribution in [3.63, 3.8) is 0 Å². The third-order valence-electron chi connectivity index (χ3n) is 4.91. The molecule has 0 radical (unpaired) electrons. The Bertz CT molecular complexity index is 1280. The van der Waals surface area contributed by atoms with Crippen LogP contribution in [0.2, 0.25) is 0 Å². The summed E-state index contributed by atoms with van der Waals surface area (Å²) >= 11 is 0. The number of carbonyl (C=O) groups excluding carboxylic acids is 2. The summed E-state index contributed by atoms with van der Waals surface area (Å²) in [6.45, 7) is 0.285. The third-order valence-corrected chi connectivity index (χ3v) is 4.91. The summed E-state index contributed by atoms with van der Waals surface area (Å²) in [5, 5.41) is 20.9. The predicted molar refractivity (Wildman–Crippen MR) is 131 cm³/mol. The van der Waals surface area contributed by atoms with Gasteiger partial charge in [0, 0.05) is 17.7 Å². The highest BCUT2D eigenvalue weighted by Crippen LogP contribution is 2.27. The van der Waals surface area contributed by atoms with Crippen molar-refractivity contribution in [1.82, 2.24) is 0 Å². The number of phenolic OH excluding ortho intramolecular Hbond substituents is 1. The zero-order chi connectivity index (χ0) is 25.2. The second-order valence-electron chi connectivity index (χ2n) is 7.45. The van der Waals surface area contributed by atoms with Gasteiger partial charge in [-0.3, -0.25) is 19.7 Å². The fourth-order valence-electron chi connectivity index (χ4n) is 3.16. The molecule has 35 heavy (non-hydrogen) atoms. The zero-order valence-electron chi connectivity index (χ0n) is 18.9. The number of ether oxygens (including phenoxy) is 2. The van der Waals surface area contributed by atoms with Gasteiger partial charge in [0.15, 0.2) is 11.6 Å². The van der Waals surface area contributed by atoms with Gasteiger partial charge in [-0.25, -0.2) is 0 Å². The molecule has 0 heterocycles. The number of phenols is 1. The minimum atomic E-state index is -0.552. The van der Waals surface area contributed by atoms with Crippen molar-refractivity contribution in [3.8, 4) is 17.2 Å². The lowest BCUT2D eigenvalue weighted by molar-refractivity contribution is -0.385. The first kappa shape index (κ1) is 24.9. The summed E-state index contributed by atoms with van der Waals surface area (Å²) in [6.07, 6.45) is 4.74. The molecular weight excluding hydrogens is 450 g/mol. The Kier molecular flexibility index (Phi) is 8.50. The van der Waals surface area contributed by atoms with E-state index in [1.165, 1.54) is 55.7 Å². The third kappa shape index (κ3) is 7.40. The molecule has 0 amide bonds. The molecule has 3 rings (SSSR count). The number of benzene rings is 3. The van der Waals surface area contributed by atoms with E-state index in [2.05, 4.69) is 0 Å². The molecule has 0 spiro atoms. The van der Waals surface area contributed by atoms with Crippen molar-refractivity contribution < 1.29 is 29.1 Å². The van der Waals surface area contributed by atoms with Crippen molar-refractivity contribution in [2.75, 3.05) is 7.11 Å². The van der Waals surface area contributed by atoms with Gasteiger partial charge < -0.3 is 14.6 Å². The van der Waals surface area contributed by atoms with Crippen LogP contribution in [0.1, 0.15) is 23.1 Å². The molecule has 0 aliphatic rings. The van der Waals surface area contributed by atoms with Crippen molar-refractivity contribution >= 4 is 29.4 Å². The van der Waals surface area contributed by atoms with Gasteiger partial charge in [0.2, 0.25) is 0 Å². The van der Waals surface area contributed by atoms with Crippen LogP contribution >= 0.6 is 0 Å². The lowest BCUT2D eigenvalue weighted by atomic mass is 10.1. The lowest BCUT2D eigenvalue weighted by Gasteiger charge is -2.07. The average Bonchev–Trinajstić information content (AvgIpc) is 2.85. The van der Waals surface area contributed by atoms with Gasteiger partial charge in [-0.1, -0.05) is 30.3 Å². The summed E-state index contributed by atoms with van der Waals surface area (Å²) in [5.74, 6) is -0.156. The molecule has 0 fully saturated rings. The number of nitro groups is 1. The normalized spacial score (nSPS) is 11.0. The second-order valence-corrected chi connectivity index (χ2v) is 7.45. The highest BCUT2D eigenvalue weighted by molar-refractivity contribution is 6.11. The molecule has 0 aliphatic carbocycles. The average molecular weight is 473 g/mol. The number of hydrogen-bond acceptors (Lipinski definition) is 7.